The van der Waals surface area contributed by atoms with E-state index < -0.39 is 17.0 Å². The molecule has 5 heteroatoms. The van der Waals surface area contributed by atoms with Gasteiger partial charge < -0.3 is 9.84 Å². The van der Waals surface area contributed by atoms with Crippen LogP contribution in [0.2, 0.25) is 0 Å². The van der Waals surface area contributed by atoms with Crippen LogP contribution in [0.4, 0.5) is 0 Å². The first-order valence-electron chi connectivity index (χ1n) is 4.16. The summed E-state index contributed by atoms with van der Waals surface area (Å²) in [4.78, 5) is 21.9. The van der Waals surface area contributed by atoms with E-state index in [0.29, 0.717) is 11.3 Å². The van der Waals surface area contributed by atoms with E-state index >= 15 is 0 Å². The van der Waals surface area contributed by atoms with Crippen LogP contribution >= 0.6 is 12.6 Å². The Morgan fingerprint density at radius 1 is 1.47 bits per heavy atom. The van der Waals surface area contributed by atoms with Gasteiger partial charge in [-0.25, -0.2) is 0 Å². The molecule has 0 saturated heterocycles. The van der Waals surface area contributed by atoms with E-state index in [1.807, 2.05) is 0 Å². The SMILES string of the molecule is COc1cccc(C(C(=O)O)C(=O)S)c1. The van der Waals surface area contributed by atoms with Crippen molar-refractivity contribution in [3.05, 3.63) is 29.8 Å². The number of hydrogen-bond acceptors (Lipinski definition) is 3. The van der Waals surface area contributed by atoms with Crippen molar-refractivity contribution in [3.63, 3.8) is 0 Å². The molecule has 0 saturated carbocycles. The quantitative estimate of drug-likeness (QED) is 0.600. The van der Waals surface area contributed by atoms with Crippen molar-refractivity contribution in [1.82, 2.24) is 0 Å². The van der Waals surface area contributed by atoms with Crippen molar-refractivity contribution in [2.75, 3.05) is 7.11 Å². The number of methoxy groups -OCH3 is 1. The van der Waals surface area contributed by atoms with E-state index in [1.54, 1.807) is 18.2 Å². The van der Waals surface area contributed by atoms with Gasteiger partial charge in [-0.2, -0.15) is 0 Å². The van der Waals surface area contributed by atoms with Gasteiger partial charge in [0.15, 0.2) is 5.92 Å². The number of carboxylic acid groups (broad SMARTS) is 1. The van der Waals surface area contributed by atoms with Crippen LogP contribution in [0.3, 0.4) is 0 Å². The number of hydrogen-bond donors (Lipinski definition) is 2. The Kier molecular flexibility index (Phi) is 3.74. The third kappa shape index (κ3) is 2.73. The molecule has 0 aliphatic carbocycles. The van der Waals surface area contributed by atoms with Gasteiger partial charge in [-0.05, 0) is 17.7 Å². The topological polar surface area (TPSA) is 63.6 Å². The summed E-state index contributed by atoms with van der Waals surface area (Å²) in [5.74, 6) is -1.96. The van der Waals surface area contributed by atoms with Crippen molar-refractivity contribution >= 4 is 23.7 Å². The summed E-state index contributed by atoms with van der Waals surface area (Å²) >= 11 is 3.55. The number of carboxylic acids is 1. The molecule has 0 aromatic heterocycles. The van der Waals surface area contributed by atoms with Gasteiger partial charge in [0.1, 0.15) is 5.75 Å². The highest BCUT2D eigenvalue weighted by Gasteiger charge is 2.25. The van der Waals surface area contributed by atoms with Crippen LogP contribution in [0.15, 0.2) is 24.3 Å². The lowest BCUT2D eigenvalue weighted by molar-refractivity contribution is -0.140. The fourth-order valence-electron chi connectivity index (χ4n) is 1.21. The molecule has 0 spiro atoms. The highest BCUT2D eigenvalue weighted by atomic mass is 32.1. The summed E-state index contributed by atoms with van der Waals surface area (Å²) in [6.07, 6.45) is 0. The number of thiol groups is 1. The fraction of sp³-hybridized carbons (Fsp3) is 0.200. The number of rotatable bonds is 4. The molecular formula is C10H10O4S. The molecule has 0 bridgehead atoms. The van der Waals surface area contributed by atoms with Gasteiger partial charge in [-0.1, -0.05) is 12.1 Å². The van der Waals surface area contributed by atoms with Crippen LogP contribution in [0.5, 0.6) is 5.75 Å². The Labute approximate surface area is 92.3 Å². The predicted molar refractivity (Wildman–Crippen MR) is 57.4 cm³/mol. The highest BCUT2D eigenvalue weighted by Crippen LogP contribution is 2.23. The van der Waals surface area contributed by atoms with Crippen molar-refractivity contribution in [2.24, 2.45) is 0 Å². The van der Waals surface area contributed by atoms with Crippen molar-refractivity contribution in [2.45, 2.75) is 5.92 Å². The molecule has 1 unspecified atom stereocenters. The minimum absolute atomic E-state index is 0.363. The van der Waals surface area contributed by atoms with Crippen LogP contribution in [-0.4, -0.2) is 23.3 Å². The van der Waals surface area contributed by atoms with Gasteiger partial charge in [-0.3, -0.25) is 9.59 Å². The van der Waals surface area contributed by atoms with Crippen LogP contribution in [0.25, 0.3) is 0 Å². The van der Waals surface area contributed by atoms with E-state index in [2.05, 4.69) is 12.6 Å². The van der Waals surface area contributed by atoms with Crippen molar-refractivity contribution in [1.29, 1.82) is 0 Å². The van der Waals surface area contributed by atoms with Gasteiger partial charge in [0.2, 0.25) is 5.12 Å². The van der Waals surface area contributed by atoms with Crippen LogP contribution in [0.1, 0.15) is 11.5 Å². The molecule has 4 nitrogen and oxygen atoms in total. The molecule has 0 heterocycles. The van der Waals surface area contributed by atoms with E-state index in [4.69, 9.17) is 9.84 Å². The summed E-state index contributed by atoms with van der Waals surface area (Å²) in [6.45, 7) is 0. The van der Waals surface area contributed by atoms with Gasteiger partial charge in [0.25, 0.3) is 0 Å². The first kappa shape index (κ1) is 11.6. The molecule has 1 aromatic rings. The van der Waals surface area contributed by atoms with E-state index in [9.17, 15) is 9.59 Å². The second-order valence-corrected chi connectivity index (χ2v) is 3.33. The number of ether oxygens (including phenoxy) is 1. The normalized spacial score (nSPS) is 11.9. The summed E-state index contributed by atoms with van der Waals surface area (Å²) in [7, 11) is 1.47. The van der Waals surface area contributed by atoms with Crippen LogP contribution in [-0.2, 0) is 9.59 Å². The molecule has 1 rings (SSSR count). The number of benzene rings is 1. The number of carbonyl (C=O) groups is 2. The van der Waals surface area contributed by atoms with Gasteiger partial charge in [0, 0.05) is 0 Å². The molecule has 0 fully saturated rings. The summed E-state index contributed by atoms with van der Waals surface area (Å²) < 4.78 is 4.94. The van der Waals surface area contributed by atoms with Crippen molar-refractivity contribution in [3.8, 4) is 5.75 Å². The zero-order valence-electron chi connectivity index (χ0n) is 8.01. The standard InChI is InChI=1S/C10H10O4S/c1-14-7-4-2-3-6(5-7)8(9(11)12)10(13)15/h2-5,8H,1H3,(H,11,12)(H,13,15). The molecule has 15 heavy (non-hydrogen) atoms. The lowest BCUT2D eigenvalue weighted by Crippen LogP contribution is -2.17. The Balaban J connectivity index is 3.11. The highest BCUT2D eigenvalue weighted by molar-refractivity contribution is 7.96. The maximum Gasteiger partial charge on any atom is 0.319 e. The number of aliphatic carboxylic acids is 1. The molecule has 80 valence electrons. The lowest BCUT2D eigenvalue weighted by atomic mass is 10.0. The zero-order chi connectivity index (χ0) is 11.4. The average molecular weight is 226 g/mol. The maximum absolute atomic E-state index is 11.0. The summed E-state index contributed by atoms with van der Waals surface area (Å²) in [5.41, 5.74) is 0.363. The molecule has 0 aliphatic rings. The van der Waals surface area contributed by atoms with E-state index in [1.165, 1.54) is 13.2 Å². The molecule has 0 amide bonds. The third-order valence-electron chi connectivity index (χ3n) is 1.92. The number of carbonyl (C=O) groups excluding carboxylic acids is 1. The Hall–Kier alpha value is -1.49. The summed E-state index contributed by atoms with van der Waals surface area (Å²) in [5, 5.41) is 8.15. The fourth-order valence-corrected chi connectivity index (χ4v) is 1.47. The largest absolute Gasteiger partial charge is 0.497 e. The van der Waals surface area contributed by atoms with Crippen LogP contribution in [0, 0.1) is 0 Å². The lowest BCUT2D eigenvalue weighted by Gasteiger charge is -2.09. The van der Waals surface area contributed by atoms with E-state index in [-0.39, 0.29) is 0 Å². The van der Waals surface area contributed by atoms with Crippen LogP contribution < -0.4 is 4.74 Å². The van der Waals surface area contributed by atoms with Gasteiger partial charge in [0.05, 0.1) is 7.11 Å². The monoisotopic (exact) mass is 226 g/mol. The Bertz CT molecular complexity index is 375. The minimum atomic E-state index is -1.25. The second-order valence-electron chi connectivity index (χ2n) is 2.89. The average Bonchev–Trinajstić information content (AvgIpc) is 2.17. The summed E-state index contributed by atoms with van der Waals surface area (Å²) in [6, 6.07) is 6.36. The zero-order valence-corrected chi connectivity index (χ0v) is 8.90. The first-order chi connectivity index (χ1) is 7.06. The molecule has 0 aliphatic heterocycles. The molecule has 1 atom stereocenters. The smallest absolute Gasteiger partial charge is 0.319 e. The molecular weight excluding hydrogens is 216 g/mol. The second kappa shape index (κ2) is 4.84. The first-order valence-corrected chi connectivity index (χ1v) is 4.60. The Morgan fingerprint density at radius 2 is 2.13 bits per heavy atom. The predicted octanol–water partition coefficient (Wildman–Crippen LogP) is 1.32. The van der Waals surface area contributed by atoms with Gasteiger partial charge in [-0.15, -0.1) is 12.6 Å². The molecule has 1 aromatic carbocycles. The molecule has 1 N–H and O–H groups in total. The third-order valence-corrected chi connectivity index (χ3v) is 2.18. The minimum Gasteiger partial charge on any atom is -0.497 e. The molecule has 0 radical (unpaired) electrons. The van der Waals surface area contributed by atoms with Gasteiger partial charge >= 0.3 is 5.97 Å². The maximum atomic E-state index is 11.0. The van der Waals surface area contributed by atoms with Crippen molar-refractivity contribution < 1.29 is 19.4 Å². The Morgan fingerprint density at radius 3 is 2.60 bits per heavy atom. The van der Waals surface area contributed by atoms with E-state index in [0.717, 1.165) is 0 Å².